The van der Waals surface area contributed by atoms with Gasteiger partial charge in [0.15, 0.2) is 0 Å². The van der Waals surface area contributed by atoms with Gasteiger partial charge in [0.05, 0.1) is 6.61 Å². The smallest absolute Gasteiger partial charge is 0.0503 e. The Morgan fingerprint density at radius 1 is 1.47 bits per heavy atom. The molecule has 0 aromatic heterocycles. The van der Waals surface area contributed by atoms with Crippen molar-refractivity contribution >= 4 is 11.8 Å². The van der Waals surface area contributed by atoms with Gasteiger partial charge in [0.2, 0.25) is 0 Å². The predicted octanol–water partition coefficient (Wildman–Crippen LogP) is 2.92. The maximum absolute atomic E-state index is 5.40. The van der Waals surface area contributed by atoms with Crippen molar-refractivity contribution < 1.29 is 4.74 Å². The lowest BCUT2D eigenvalue weighted by molar-refractivity contribution is 0.189. The standard InChI is InChI=1S/C14H21NOS/c1-2-15-9-12-4-3-5-14(8-12)17-11-13-6-7-16-10-13/h3-5,8,13,15H,2,6-7,9-11H2,1H3. The van der Waals surface area contributed by atoms with Gasteiger partial charge in [-0.2, -0.15) is 0 Å². The molecule has 1 saturated heterocycles. The molecular formula is C14H21NOS. The fourth-order valence-electron chi connectivity index (χ4n) is 1.94. The van der Waals surface area contributed by atoms with E-state index in [4.69, 9.17) is 4.74 Å². The highest BCUT2D eigenvalue weighted by molar-refractivity contribution is 7.99. The number of thioether (sulfide) groups is 1. The zero-order valence-electron chi connectivity index (χ0n) is 10.4. The molecule has 1 fully saturated rings. The molecule has 1 aromatic carbocycles. The monoisotopic (exact) mass is 251 g/mol. The van der Waals surface area contributed by atoms with Crippen molar-refractivity contribution in [3.8, 4) is 0 Å². The lowest BCUT2D eigenvalue weighted by Crippen LogP contribution is -2.11. The second-order valence-electron chi connectivity index (χ2n) is 4.47. The molecule has 1 unspecified atom stereocenters. The second kappa shape index (κ2) is 7.04. The third kappa shape index (κ3) is 4.34. The molecule has 1 heterocycles. The lowest BCUT2D eigenvalue weighted by atomic mass is 10.2. The van der Waals surface area contributed by atoms with Crippen LogP contribution in [0.1, 0.15) is 18.9 Å². The molecule has 0 aliphatic carbocycles. The normalized spacial score (nSPS) is 19.7. The van der Waals surface area contributed by atoms with Crippen molar-refractivity contribution in [1.82, 2.24) is 5.32 Å². The molecule has 0 radical (unpaired) electrons. The number of rotatable bonds is 6. The van der Waals surface area contributed by atoms with E-state index in [9.17, 15) is 0 Å². The summed E-state index contributed by atoms with van der Waals surface area (Å²) in [6, 6.07) is 8.84. The van der Waals surface area contributed by atoms with Gasteiger partial charge in [0.25, 0.3) is 0 Å². The Labute approximate surface area is 108 Å². The molecule has 1 aliphatic heterocycles. The van der Waals surface area contributed by atoms with Crippen LogP contribution in [0.2, 0.25) is 0 Å². The molecule has 1 aromatic rings. The van der Waals surface area contributed by atoms with E-state index < -0.39 is 0 Å². The minimum atomic E-state index is 0.748. The average Bonchev–Trinajstić information content (AvgIpc) is 2.87. The zero-order chi connectivity index (χ0) is 11.9. The van der Waals surface area contributed by atoms with Crippen LogP contribution in [0.25, 0.3) is 0 Å². The van der Waals surface area contributed by atoms with Crippen LogP contribution in [0.4, 0.5) is 0 Å². The summed E-state index contributed by atoms with van der Waals surface area (Å²) in [5, 5.41) is 3.36. The van der Waals surface area contributed by atoms with Crippen LogP contribution in [0.3, 0.4) is 0 Å². The molecule has 0 bridgehead atoms. The number of benzene rings is 1. The average molecular weight is 251 g/mol. The number of hydrogen-bond donors (Lipinski definition) is 1. The van der Waals surface area contributed by atoms with E-state index in [2.05, 4.69) is 36.5 Å². The van der Waals surface area contributed by atoms with Crippen molar-refractivity contribution in [3.63, 3.8) is 0 Å². The van der Waals surface area contributed by atoms with Crippen molar-refractivity contribution in [1.29, 1.82) is 0 Å². The van der Waals surface area contributed by atoms with Gasteiger partial charge in [-0.15, -0.1) is 11.8 Å². The van der Waals surface area contributed by atoms with Gasteiger partial charge in [-0.05, 0) is 36.6 Å². The molecule has 1 aliphatic rings. The molecule has 3 heteroatoms. The quantitative estimate of drug-likeness (QED) is 0.786. The lowest BCUT2D eigenvalue weighted by Gasteiger charge is -2.08. The summed E-state index contributed by atoms with van der Waals surface area (Å²) in [7, 11) is 0. The van der Waals surface area contributed by atoms with E-state index >= 15 is 0 Å². The van der Waals surface area contributed by atoms with E-state index in [1.807, 2.05) is 11.8 Å². The summed E-state index contributed by atoms with van der Waals surface area (Å²) >= 11 is 1.96. The van der Waals surface area contributed by atoms with Crippen LogP contribution in [0.15, 0.2) is 29.2 Å². The molecule has 0 amide bonds. The van der Waals surface area contributed by atoms with Gasteiger partial charge in [-0.1, -0.05) is 19.1 Å². The molecule has 17 heavy (non-hydrogen) atoms. The van der Waals surface area contributed by atoms with Crippen LogP contribution in [-0.4, -0.2) is 25.5 Å². The van der Waals surface area contributed by atoms with Gasteiger partial charge in [0, 0.05) is 23.8 Å². The first-order valence-electron chi connectivity index (χ1n) is 6.38. The summed E-state index contributed by atoms with van der Waals surface area (Å²) in [5.41, 5.74) is 1.37. The van der Waals surface area contributed by atoms with Crippen molar-refractivity contribution in [2.75, 3.05) is 25.5 Å². The highest BCUT2D eigenvalue weighted by Crippen LogP contribution is 2.25. The zero-order valence-corrected chi connectivity index (χ0v) is 11.3. The Morgan fingerprint density at radius 3 is 3.18 bits per heavy atom. The first kappa shape index (κ1) is 12.9. The van der Waals surface area contributed by atoms with E-state index in [1.165, 1.54) is 22.6 Å². The van der Waals surface area contributed by atoms with Crippen molar-refractivity contribution in [2.24, 2.45) is 5.92 Å². The molecule has 94 valence electrons. The molecule has 0 spiro atoms. The van der Waals surface area contributed by atoms with Crippen LogP contribution in [0.5, 0.6) is 0 Å². The Morgan fingerprint density at radius 2 is 2.41 bits per heavy atom. The van der Waals surface area contributed by atoms with Gasteiger partial charge in [0.1, 0.15) is 0 Å². The molecule has 2 nitrogen and oxygen atoms in total. The minimum absolute atomic E-state index is 0.748. The Bertz CT molecular complexity index is 337. The molecule has 0 saturated carbocycles. The molecule has 1 atom stereocenters. The highest BCUT2D eigenvalue weighted by atomic mass is 32.2. The van der Waals surface area contributed by atoms with E-state index in [-0.39, 0.29) is 0 Å². The van der Waals surface area contributed by atoms with Crippen LogP contribution < -0.4 is 5.32 Å². The summed E-state index contributed by atoms with van der Waals surface area (Å²) in [6.07, 6.45) is 1.23. The highest BCUT2D eigenvalue weighted by Gasteiger charge is 2.15. The van der Waals surface area contributed by atoms with Crippen LogP contribution in [0, 0.1) is 5.92 Å². The van der Waals surface area contributed by atoms with Gasteiger partial charge < -0.3 is 10.1 Å². The summed E-state index contributed by atoms with van der Waals surface area (Å²) in [4.78, 5) is 1.38. The van der Waals surface area contributed by atoms with Crippen molar-refractivity contribution in [3.05, 3.63) is 29.8 Å². The third-order valence-electron chi connectivity index (χ3n) is 2.99. The summed E-state index contributed by atoms with van der Waals surface area (Å²) in [6.45, 7) is 6.03. The van der Waals surface area contributed by atoms with E-state index in [0.29, 0.717) is 0 Å². The Balaban J connectivity index is 1.82. The van der Waals surface area contributed by atoms with E-state index in [0.717, 1.165) is 32.2 Å². The number of nitrogens with one attached hydrogen (secondary N) is 1. The maximum atomic E-state index is 5.40. The Kier molecular flexibility index (Phi) is 5.36. The summed E-state index contributed by atoms with van der Waals surface area (Å²) < 4.78 is 5.40. The van der Waals surface area contributed by atoms with Gasteiger partial charge in [-0.3, -0.25) is 0 Å². The summed E-state index contributed by atoms with van der Waals surface area (Å²) in [5.74, 6) is 1.93. The van der Waals surface area contributed by atoms with Crippen molar-refractivity contribution in [2.45, 2.75) is 24.8 Å². The molecular weight excluding hydrogens is 230 g/mol. The van der Waals surface area contributed by atoms with Crippen LogP contribution in [-0.2, 0) is 11.3 Å². The van der Waals surface area contributed by atoms with Gasteiger partial charge in [-0.25, -0.2) is 0 Å². The number of hydrogen-bond acceptors (Lipinski definition) is 3. The number of ether oxygens (including phenoxy) is 1. The first-order valence-corrected chi connectivity index (χ1v) is 7.37. The fourth-order valence-corrected chi connectivity index (χ4v) is 3.04. The third-order valence-corrected chi connectivity index (χ3v) is 4.21. The molecule has 1 N–H and O–H groups in total. The SMILES string of the molecule is CCNCc1cccc(SCC2CCOC2)c1. The minimum Gasteiger partial charge on any atom is -0.381 e. The first-order chi connectivity index (χ1) is 8.38. The van der Waals surface area contributed by atoms with Gasteiger partial charge >= 0.3 is 0 Å². The fraction of sp³-hybridized carbons (Fsp3) is 0.571. The Hall–Kier alpha value is -0.510. The largest absolute Gasteiger partial charge is 0.381 e. The predicted molar refractivity (Wildman–Crippen MR) is 73.5 cm³/mol. The molecule has 2 rings (SSSR count). The van der Waals surface area contributed by atoms with Crippen LogP contribution >= 0.6 is 11.8 Å². The van der Waals surface area contributed by atoms with E-state index in [1.54, 1.807) is 0 Å². The maximum Gasteiger partial charge on any atom is 0.0503 e. The topological polar surface area (TPSA) is 21.3 Å². The second-order valence-corrected chi connectivity index (χ2v) is 5.56.